The van der Waals surface area contributed by atoms with Gasteiger partial charge in [0.1, 0.15) is 23.2 Å². The normalized spacial score (nSPS) is 19.2. The first-order valence-corrected chi connectivity index (χ1v) is 15.9. The average molecular weight is 632 g/mol. The van der Waals surface area contributed by atoms with Gasteiger partial charge < -0.3 is 10.4 Å². The molecule has 3 heterocycles. The van der Waals surface area contributed by atoms with Gasteiger partial charge in [0.25, 0.3) is 16.0 Å². The van der Waals surface area contributed by atoms with Crippen molar-refractivity contribution >= 4 is 51.4 Å². The van der Waals surface area contributed by atoms with E-state index in [0.29, 0.717) is 22.0 Å². The van der Waals surface area contributed by atoms with E-state index in [0.717, 1.165) is 0 Å². The molecule has 3 atom stereocenters. The molecule has 1 fully saturated rings. The molecular formula is C25H25N7O7S3. The first-order valence-electron chi connectivity index (χ1n) is 12.5. The Morgan fingerprint density at radius 1 is 1.17 bits per heavy atom. The van der Waals surface area contributed by atoms with E-state index in [9.17, 15) is 32.5 Å². The number of carbonyl (C=O) groups excluding carboxylic acids is 2. The largest absolute Gasteiger partial charge is 0.477 e. The van der Waals surface area contributed by atoms with Crippen LogP contribution in [0, 0.1) is 0 Å². The van der Waals surface area contributed by atoms with Crippen molar-refractivity contribution in [1.82, 2.24) is 35.7 Å². The smallest absolute Gasteiger partial charge is 0.352 e. The van der Waals surface area contributed by atoms with E-state index in [2.05, 4.69) is 26.2 Å². The Hall–Kier alpha value is -3.77. The summed E-state index contributed by atoms with van der Waals surface area (Å²) < 4.78 is 34.7. The fraction of sp³-hybridized carbons (Fsp3) is 0.280. The summed E-state index contributed by atoms with van der Waals surface area (Å²) in [6.07, 6.45) is 0. The van der Waals surface area contributed by atoms with Crippen molar-refractivity contribution in [3.05, 3.63) is 77.0 Å². The number of fused-ring (bicyclic) bond motifs is 1. The number of benzene rings is 2. The van der Waals surface area contributed by atoms with Crippen LogP contribution in [0.15, 0.2) is 75.9 Å². The minimum Gasteiger partial charge on any atom is -0.477 e. The van der Waals surface area contributed by atoms with Crippen LogP contribution >= 0.6 is 23.5 Å². The Bertz CT molecular complexity index is 1660. The third-order valence-corrected chi connectivity index (χ3v) is 10.0. The number of carboxylic acids is 1. The zero-order valence-corrected chi connectivity index (χ0v) is 24.4. The molecule has 2 aromatic carbocycles. The van der Waals surface area contributed by atoms with Crippen molar-refractivity contribution in [2.75, 3.05) is 11.5 Å². The summed E-state index contributed by atoms with van der Waals surface area (Å²) in [4.78, 5) is 39.9. The first-order chi connectivity index (χ1) is 20.1. The average Bonchev–Trinajstić information content (AvgIpc) is 3.38. The Labute approximate surface area is 248 Å². The SMILES string of the molecule is Cn1nnnc1SCC1=C(C(=O)O)N2C(=O)C(NC(=O)[C@@H](NCc3ccccc3S(=O)(=O)O)c3ccccc3)[C@@H]2SC1. The van der Waals surface area contributed by atoms with E-state index in [1.165, 1.54) is 51.3 Å². The number of nitrogens with one attached hydrogen (secondary N) is 2. The number of nitrogens with zero attached hydrogens (tertiary/aromatic N) is 5. The highest BCUT2D eigenvalue weighted by Gasteiger charge is 2.54. The lowest BCUT2D eigenvalue weighted by atomic mass is 10.0. The summed E-state index contributed by atoms with van der Waals surface area (Å²) in [6, 6.07) is 12.6. The second-order valence-corrected chi connectivity index (χ2v) is 12.8. The van der Waals surface area contributed by atoms with E-state index < -0.39 is 45.4 Å². The summed E-state index contributed by atoms with van der Waals surface area (Å²) in [5.41, 5.74) is 1.23. The highest BCUT2D eigenvalue weighted by molar-refractivity contribution is 8.01. The van der Waals surface area contributed by atoms with Gasteiger partial charge in [-0.1, -0.05) is 60.3 Å². The minimum atomic E-state index is -4.49. The lowest BCUT2D eigenvalue weighted by Crippen LogP contribution is -2.71. The molecule has 0 spiro atoms. The summed E-state index contributed by atoms with van der Waals surface area (Å²) in [5, 5.41) is 26.8. The van der Waals surface area contributed by atoms with Crippen LogP contribution in [0.1, 0.15) is 17.2 Å². The topological polar surface area (TPSA) is 197 Å². The third kappa shape index (κ3) is 6.05. The van der Waals surface area contributed by atoms with Crippen LogP contribution in [0.4, 0.5) is 0 Å². The number of aromatic nitrogens is 4. The Morgan fingerprint density at radius 3 is 2.55 bits per heavy atom. The van der Waals surface area contributed by atoms with Crippen molar-refractivity contribution in [1.29, 1.82) is 0 Å². The monoisotopic (exact) mass is 631 g/mol. The molecule has 3 aromatic rings. The molecule has 1 unspecified atom stereocenters. The van der Waals surface area contributed by atoms with Crippen LogP contribution in [0.25, 0.3) is 0 Å². The molecule has 0 bridgehead atoms. The Kier molecular flexibility index (Phi) is 8.65. The molecule has 2 aliphatic heterocycles. The zero-order valence-electron chi connectivity index (χ0n) is 21.9. The summed E-state index contributed by atoms with van der Waals surface area (Å²) in [7, 11) is -2.83. The minimum absolute atomic E-state index is 0.0835. The standard InChI is InChI=1S/C25H25N7O7S3/c1-31-25(28-29-30-31)41-13-16-12-40-23-19(22(34)32(23)20(16)24(35)36)27-21(33)18(14-7-3-2-4-8-14)26-11-15-9-5-6-10-17(15)42(37,38)39/h2-10,18-19,23,26H,11-13H2,1H3,(H,27,33)(H,35,36)(H,37,38,39)/t18-,19?,23-/m0/s1. The Balaban J connectivity index is 1.32. The molecule has 2 aliphatic rings. The first kappa shape index (κ1) is 29.7. The van der Waals surface area contributed by atoms with Crippen LogP contribution in [-0.2, 0) is 38.1 Å². The number of aryl methyl sites for hydroxylation is 1. The van der Waals surface area contributed by atoms with E-state index >= 15 is 0 Å². The van der Waals surface area contributed by atoms with Gasteiger partial charge in [0.05, 0.1) is 4.90 Å². The predicted molar refractivity (Wildman–Crippen MR) is 151 cm³/mol. The molecule has 1 saturated heterocycles. The number of carbonyl (C=O) groups is 3. The number of β-lactam (4-membered cyclic amide) rings is 1. The quantitative estimate of drug-likeness (QED) is 0.132. The fourth-order valence-corrected chi connectivity index (χ4v) is 7.70. The van der Waals surface area contributed by atoms with E-state index in [-0.39, 0.29) is 28.5 Å². The lowest BCUT2D eigenvalue weighted by molar-refractivity contribution is -0.151. The van der Waals surface area contributed by atoms with Gasteiger partial charge in [-0.25, -0.2) is 9.48 Å². The summed E-state index contributed by atoms with van der Waals surface area (Å²) in [6.45, 7) is -0.0835. The van der Waals surface area contributed by atoms with Gasteiger partial charge in [-0.05, 0) is 33.2 Å². The maximum atomic E-state index is 13.5. The third-order valence-electron chi connectivity index (χ3n) is 6.65. The van der Waals surface area contributed by atoms with Crippen molar-refractivity contribution in [3.63, 3.8) is 0 Å². The van der Waals surface area contributed by atoms with Crippen LogP contribution in [0.2, 0.25) is 0 Å². The van der Waals surface area contributed by atoms with Crippen LogP contribution in [0.5, 0.6) is 0 Å². The van der Waals surface area contributed by atoms with Gasteiger partial charge in [-0.3, -0.25) is 24.4 Å². The summed E-state index contributed by atoms with van der Waals surface area (Å²) in [5.74, 6) is -1.76. The van der Waals surface area contributed by atoms with Crippen LogP contribution in [0.3, 0.4) is 0 Å². The fourth-order valence-electron chi connectivity index (χ4n) is 4.65. The zero-order chi connectivity index (χ0) is 30.0. The number of hydrogen-bond acceptors (Lipinski definition) is 11. The molecule has 1 aromatic heterocycles. The second-order valence-electron chi connectivity index (χ2n) is 9.33. The highest BCUT2D eigenvalue weighted by atomic mass is 32.2. The molecule has 4 N–H and O–H groups in total. The van der Waals surface area contributed by atoms with E-state index in [1.807, 2.05) is 0 Å². The van der Waals surface area contributed by atoms with Crippen molar-refractivity contribution in [2.24, 2.45) is 7.05 Å². The predicted octanol–water partition coefficient (Wildman–Crippen LogP) is 0.819. The number of carboxylic acid groups (broad SMARTS) is 1. The van der Waals surface area contributed by atoms with Gasteiger partial charge in [0.2, 0.25) is 11.1 Å². The molecule has 42 heavy (non-hydrogen) atoms. The number of amides is 2. The number of hydrogen-bond donors (Lipinski definition) is 4. The van der Waals surface area contributed by atoms with Crippen molar-refractivity contribution in [2.45, 2.75) is 34.1 Å². The molecular weight excluding hydrogens is 607 g/mol. The molecule has 5 rings (SSSR count). The molecule has 0 saturated carbocycles. The molecule has 0 radical (unpaired) electrons. The molecule has 17 heteroatoms. The van der Waals surface area contributed by atoms with Gasteiger partial charge in [0, 0.05) is 25.1 Å². The van der Waals surface area contributed by atoms with Crippen LogP contribution < -0.4 is 10.6 Å². The van der Waals surface area contributed by atoms with Gasteiger partial charge in [0.15, 0.2) is 0 Å². The maximum absolute atomic E-state index is 13.5. The van der Waals surface area contributed by atoms with Gasteiger partial charge >= 0.3 is 5.97 Å². The van der Waals surface area contributed by atoms with E-state index in [4.69, 9.17) is 0 Å². The van der Waals surface area contributed by atoms with Crippen molar-refractivity contribution in [3.8, 4) is 0 Å². The summed E-state index contributed by atoms with van der Waals surface area (Å²) >= 11 is 2.59. The number of rotatable bonds is 11. The Morgan fingerprint density at radius 2 is 1.88 bits per heavy atom. The maximum Gasteiger partial charge on any atom is 0.352 e. The molecule has 14 nitrogen and oxygen atoms in total. The molecule has 2 amide bonds. The highest BCUT2D eigenvalue weighted by Crippen LogP contribution is 2.41. The number of thioether (sulfide) groups is 2. The van der Waals surface area contributed by atoms with Gasteiger partial charge in [-0.15, -0.1) is 16.9 Å². The van der Waals surface area contributed by atoms with Crippen molar-refractivity contribution < 1.29 is 32.5 Å². The van der Waals surface area contributed by atoms with Crippen LogP contribution in [-0.4, -0.2) is 83.9 Å². The lowest BCUT2D eigenvalue weighted by Gasteiger charge is -2.49. The number of aliphatic carboxylic acids is 1. The van der Waals surface area contributed by atoms with Gasteiger partial charge in [-0.2, -0.15) is 8.42 Å². The number of tetrazole rings is 1. The molecule has 220 valence electrons. The van der Waals surface area contributed by atoms with E-state index in [1.54, 1.807) is 43.4 Å². The second kappa shape index (κ2) is 12.2. The molecule has 0 aliphatic carbocycles.